The van der Waals surface area contributed by atoms with Gasteiger partial charge in [0.15, 0.2) is 5.65 Å². The van der Waals surface area contributed by atoms with Crippen molar-refractivity contribution in [3.05, 3.63) is 54.6 Å². The first-order valence-corrected chi connectivity index (χ1v) is 8.86. The predicted octanol–water partition coefficient (Wildman–Crippen LogP) is 4.30. The Kier molecular flexibility index (Phi) is 3.37. The van der Waals surface area contributed by atoms with Crippen LogP contribution >= 0.6 is 0 Å². The van der Waals surface area contributed by atoms with E-state index in [0.29, 0.717) is 6.04 Å². The molecule has 2 heterocycles. The molecule has 1 fully saturated rings. The summed E-state index contributed by atoms with van der Waals surface area (Å²) in [5.41, 5.74) is 3.68. The molecule has 1 N–H and O–H groups in total. The second kappa shape index (κ2) is 5.84. The van der Waals surface area contributed by atoms with Gasteiger partial charge in [-0.3, -0.25) is 0 Å². The van der Waals surface area contributed by atoms with Gasteiger partial charge in [-0.1, -0.05) is 60.5 Å². The lowest BCUT2D eigenvalue weighted by Crippen LogP contribution is -2.16. The van der Waals surface area contributed by atoms with Crippen LogP contribution in [0.3, 0.4) is 0 Å². The van der Waals surface area contributed by atoms with E-state index in [1.54, 1.807) is 0 Å². The summed E-state index contributed by atoms with van der Waals surface area (Å²) in [6.45, 7) is 0. The van der Waals surface area contributed by atoms with Crippen molar-refractivity contribution in [2.24, 2.45) is 0 Å². The quantitative estimate of drug-likeness (QED) is 0.609. The number of hydrogen-bond acceptors (Lipinski definition) is 4. The Balaban J connectivity index is 1.74. The Morgan fingerprint density at radius 2 is 1.68 bits per heavy atom. The number of benzene rings is 2. The number of rotatable bonds is 3. The van der Waals surface area contributed by atoms with Gasteiger partial charge in [0.1, 0.15) is 11.5 Å². The third-order valence-corrected chi connectivity index (χ3v) is 4.99. The van der Waals surface area contributed by atoms with Crippen LogP contribution in [0.4, 0.5) is 5.82 Å². The molecule has 0 spiro atoms. The molecule has 4 aromatic rings. The van der Waals surface area contributed by atoms with Gasteiger partial charge in [-0.05, 0) is 25.0 Å². The number of anilines is 1. The van der Waals surface area contributed by atoms with Crippen molar-refractivity contribution in [3.63, 3.8) is 0 Å². The molecule has 0 aliphatic heterocycles. The fourth-order valence-corrected chi connectivity index (χ4v) is 3.72. The number of hydrogen-bond donors (Lipinski definition) is 1. The molecule has 124 valence electrons. The van der Waals surface area contributed by atoms with Gasteiger partial charge in [0, 0.05) is 17.0 Å². The van der Waals surface area contributed by atoms with Crippen molar-refractivity contribution in [2.75, 3.05) is 5.32 Å². The third kappa shape index (κ3) is 2.43. The molecule has 0 amide bonds. The number of nitrogens with one attached hydrogen (secondary N) is 1. The van der Waals surface area contributed by atoms with Crippen LogP contribution in [0.5, 0.6) is 0 Å². The maximum Gasteiger partial charge on any atom is 0.186 e. The van der Waals surface area contributed by atoms with Crippen LogP contribution in [0, 0.1) is 0 Å². The smallest absolute Gasteiger partial charge is 0.186 e. The molecular weight excluding hydrogens is 310 g/mol. The highest BCUT2D eigenvalue weighted by Gasteiger charge is 2.19. The number of nitrogens with zero attached hydrogens (tertiary/aromatic N) is 4. The van der Waals surface area contributed by atoms with Crippen molar-refractivity contribution in [2.45, 2.75) is 31.7 Å². The van der Waals surface area contributed by atoms with E-state index in [2.05, 4.69) is 27.8 Å². The summed E-state index contributed by atoms with van der Waals surface area (Å²) in [6, 6.07) is 18.9. The molecule has 1 aliphatic carbocycles. The molecule has 5 nitrogen and oxygen atoms in total. The van der Waals surface area contributed by atoms with Crippen LogP contribution in [0.15, 0.2) is 54.6 Å². The van der Waals surface area contributed by atoms with Crippen LogP contribution in [-0.2, 0) is 0 Å². The summed E-state index contributed by atoms with van der Waals surface area (Å²) in [7, 11) is 0. The van der Waals surface area contributed by atoms with Gasteiger partial charge in [0.05, 0.1) is 5.52 Å². The summed E-state index contributed by atoms with van der Waals surface area (Å²) in [4.78, 5) is 4.93. The topological polar surface area (TPSA) is 55.1 Å². The standard InChI is InChI=1S/C20H19N5/c1-2-8-14(9-3-1)18-20-22-19(21-15-10-4-5-11-15)16-12-6-7-13-17(16)25(20)24-23-18/h1-3,6-9,12-13,15H,4-5,10-11H2,(H,21,22). The zero-order chi connectivity index (χ0) is 16.6. The van der Waals surface area contributed by atoms with Gasteiger partial charge in [-0.15, -0.1) is 5.10 Å². The van der Waals surface area contributed by atoms with E-state index in [9.17, 15) is 0 Å². The minimum absolute atomic E-state index is 0.509. The van der Waals surface area contributed by atoms with Crippen LogP contribution in [0.2, 0.25) is 0 Å². The van der Waals surface area contributed by atoms with Gasteiger partial charge in [-0.25, -0.2) is 4.98 Å². The normalized spacial score (nSPS) is 15.2. The molecule has 1 saturated carbocycles. The minimum Gasteiger partial charge on any atom is -0.367 e. The van der Waals surface area contributed by atoms with E-state index >= 15 is 0 Å². The first-order chi connectivity index (χ1) is 12.4. The lowest BCUT2D eigenvalue weighted by atomic mass is 10.1. The molecule has 0 saturated heterocycles. The fraction of sp³-hybridized carbons (Fsp3) is 0.250. The first-order valence-electron chi connectivity index (χ1n) is 8.86. The van der Waals surface area contributed by atoms with Crippen molar-refractivity contribution in [1.29, 1.82) is 0 Å². The van der Waals surface area contributed by atoms with Crippen molar-refractivity contribution in [1.82, 2.24) is 19.8 Å². The van der Waals surface area contributed by atoms with Crippen LogP contribution in [-0.4, -0.2) is 25.9 Å². The second-order valence-corrected chi connectivity index (χ2v) is 6.64. The van der Waals surface area contributed by atoms with E-state index in [4.69, 9.17) is 4.98 Å². The minimum atomic E-state index is 0.509. The van der Waals surface area contributed by atoms with E-state index in [-0.39, 0.29) is 0 Å². The van der Waals surface area contributed by atoms with Gasteiger partial charge in [-0.2, -0.15) is 4.52 Å². The molecule has 2 aromatic carbocycles. The molecule has 0 atom stereocenters. The molecule has 5 heteroatoms. The summed E-state index contributed by atoms with van der Waals surface area (Å²) < 4.78 is 1.84. The molecule has 2 aromatic heterocycles. The maximum atomic E-state index is 4.93. The molecule has 1 aliphatic rings. The maximum absolute atomic E-state index is 4.93. The average molecular weight is 329 g/mol. The largest absolute Gasteiger partial charge is 0.367 e. The molecule has 25 heavy (non-hydrogen) atoms. The zero-order valence-electron chi connectivity index (χ0n) is 13.9. The van der Waals surface area contributed by atoms with Crippen LogP contribution in [0.25, 0.3) is 27.8 Å². The predicted molar refractivity (Wildman–Crippen MR) is 99.6 cm³/mol. The van der Waals surface area contributed by atoms with Gasteiger partial charge < -0.3 is 5.32 Å². The lowest BCUT2D eigenvalue weighted by molar-refractivity contribution is 0.751. The Morgan fingerprint density at radius 3 is 2.52 bits per heavy atom. The van der Waals surface area contributed by atoms with Gasteiger partial charge in [0.2, 0.25) is 0 Å². The van der Waals surface area contributed by atoms with Crippen molar-refractivity contribution >= 4 is 22.4 Å². The van der Waals surface area contributed by atoms with Crippen molar-refractivity contribution < 1.29 is 0 Å². The monoisotopic (exact) mass is 329 g/mol. The lowest BCUT2D eigenvalue weighted by Gasteiger charge is -2.15. The van der Waals surface area contributed by atoms with E-state index in [1.165, 1.54) is 25.7 Å². The molecule has 0 radical (unpaired) electrons. The second-order valence-electron chi connectivity index (χ2n) is 6.64. The van der Waals surface area contributed by atoms with Gasteiger partial charge in [0.25, 0.3) is 0 Å². The van der Waals surface area contributed by atoms with E-state index in [0.717, 1.165) is 33.6 Å². The van der Waals surface area contributed by atoms with Gasteiger partial charge >= 0.3 is 0 Å². The Bertz CT molecular complexity index is 1030. The fourth-order valence-electron chi connectivity index (χ4n) is 3.72. The highest BCUT2D eigenvalue weighted by atomic mass is 15.4. The highest BCUT2D eigenvalue weighted by molar-refractivity contribution is 5.93. The molecule has 5 rings (SSSR count). The molecule has 0 unspecified atom stereocenters. The van der Waals surface area contributed by atoms with Crippen molar-refractivity contribution in [3.8, 4) is 11.3 Å². The SMILES string of the molecule is c1ccc(-c2nnn3c2nc(NC2CCCC2)c2ccccc23)cc1. The Labute approximate surface area is 145 Å². The summed E-state index contributed by atoms with van der Waals surface area (Å²) in [6.07, 6.45) is 5.01. The van der Waals surface area contributed by atoms with E-state index in [1.807, 2.05) is 47.0 Å². The number of para-hydroxylation sites is 1. The Hall–Kier alpha value is -2.95. The number of aromatic nitrogens is 4. The zero-order valence-corrected chi connectivity index (χ0v) is 13.9. The summed E-state index contributed by atoms with van der Waals surface area (Å²) in [5, 5.41) is 13.5. The molecular formula is C20H19N5. The average Bonchev–Trinajstić information content (AvgIpc) is 3.32. The summed E-state index contributed by atoms with van der Waals surface area (Å²) >= 11 is 0. The van der Waals surface area contributed by atoms with Crippen LogP contribution in [0.1, 0.15) is 25.7 Å². The summed E-state index contributed by atoms with van der Waals surface area (Å²) in [5.74, 6) is 0.939. The first kappa shape index (κ1) is 14.4. The van der Waals surface area contributed by atoms with Crippen LogP contribution < -0.4 is 5.32 Å². The van der Waals surface area contributed by atoms with E-state index < -0.39 is 0 Å². The molecule has 0 bridgehead atoms. The number of fused-ring (bicyclic) bond motifs is 3. The highest BCUT2D eigenvalue weighted by Crippen LogP contribution is 2.30. The third-order valence-electron chi connectivity index (χ3n) is 4.99. The Morgan fingerprint density at radius 1 is 0.920 bits per heavy atom.